The highest BCUT2D eigenvalue weighted by Gasteiger charge is 2.01. The molecule has 2 rings (SSSR count). The molecule has 1 atom stereocenters. The number of hydrogen-bond acceptors (Lipinski definition) is 5. The van der Waals surface area contributed by atoms with E-state index < -0.39 is 10.8 Å². The SMILES string of the molecule is CS(=O)CCCNc1cc2n[nH]c(=O)n2cn1. The minimum absolute atomic E-state index is 0.305. The molecule has 0 spiro atoms. The predicted octanol–water partition coefficient (Wildman–Crippen LogP) is -0.402. The fourth-order valence-electron chi connectivity index (χ4n) is 1.40. The molecule has 1 unspecified atom stereocenters. The lowest BCUT2D eigenvalue weighted by atomic mass is 10.4. The van der Waals surface area contributed by atoms with Crippen LogP contribution in [0.3, 0.4) is 0 Å². The van der Waals surface area contributed by atoms with Crippen LogP contribution in [0, 0.1) is 0 Å². The monoisotopic (exact) mass is 255 g/mol. The molecule has 2 aromatic heterocycles. The standard InChI is InChI=1S/C9H13N5O2S/c1-17(16)4-2-3-10-7-5-8-12-13-9(15)14(8)6-11-7/h5-6,10H,2-4H2,1H3,(H,13,15). The Bertz CT molecular complexity index is 590. The number of H-pyrrole nitrogens is 1. The van der Waals surface area contributed by atoms with E-state index in [1.807, 2.05) is 0 Å². The maximum Gasteiger partial charge on any atom is 0.348 e. The van der Waals surface area contributed by atoms with Crippen LogP contribution < -0.4 is 11.0 Å². The van der Waals surface area contributed by atoms with Gasteiger partial charge in [-0.05, 0) is 6.42 Å². The van der Waals surface area contributed by atoms with Gasteiger partial charge in [0.2, 0.25) is 0 Å². The average molecular weight is 255 g/mol. The molecule has 0 aliphatic heterocycles. The number of aromatic amines is 1. The van der Waals surface area contributed by atoms with E-state index in [4.69, 9.17) is 0 Å². The van der Waals surface area contributed by atoms with Crippen LogP contribution in [0.4, 0.5) is 5.82 Å². The largest absolute Gasteiger partial charge is 0.370 e. The first-order valence-electron chi connectivity index (χ1n) is 5.13. The molecule has 0 fully saturated rings. The first-order chi connectivity index (χ1) is 8.16. The summed E-state index contributed by atoms with van der Waals surface area (Å²) in [5.41, 5.74) is 0.215. The lowest BCUT2D eigenvalue weighted by Crippen LogP contribution is -2.11. The Balaban J connectivity index is 2.00. The Labute approximate surface area is 99.7 Å². The summed E-state index contributed by atoms with van der Waals surface area (Å²) < 4.78 is 12.2. The molecule has 7 nitrogen and oxygen atoms in total. The summed E-state index contributed by atoms with van der Waals surface area (Å²) >= 11 is 0. The molecular weight excluding hydrogens is 242 g/mol. The molecule has 2 N–H and O–H groups in total. The minimum atomic E-state index is -0.766. The van der Waals surface area contributed by atoms with Crippen LogP contribution in [-0.4, -0.2) is 42.3 Å². The van der Waals surface area contributed by atoms with Crippen molar-refractivity contribution in [2.75, 3.05) is 23.9 Å². The van der Waals surface area contributed by atoms with Crippen molar-refractivity contribution in [3.8, 4) is 0 Å². The highest BCUT2D eigenvalue weighted by atomic mass is 32.2. The van der Waals surface area contributed by atoms with Gasteiger partial charge in [-0.25, -0.2) is 19.3 Å². The summed E-state index contributed by atoms with van der Waals surface area (Å²) in [5, 5.41) is 9.25. The average Bonchev–Trinajstić information content (AvgIpc) is 2.66. The molecule has 2 heterocycles. The number of rotatable bonds is 5. The van der Waals surface area contributed by atoms with Crippen LogP contribution in [0.2, 0.25) is 0 Å². The highest BCUT2D eigenvalue weighted by Crippen LogP contribution is 2.03. The molecule has 8 heteroatoms. The third-order valence-corrected chi connectivity index (χ3v) is 3.09. The van der Waals surface area contributed by atoms with Crippen molar-refractivity contribution in [3.05, 3.63) is 22.9 Å². The van der Waals surface area contributed by atoms with E-state index in [9.17, 15) is 9.00 Å². The van der Waals surface area contributed by atoms with E-state index in [0.717, 1.165) is 6.42 Å². The lowest BCUT2D eigenvalue weighted by Gasteiger charge is -2.04. The van der Waals surface area contributed by atoms with E-state index in [0.29, 0.717) is 23.8 Å². The number of nitrogens with one attached hydrogen (secondary N) is 2. The third kappa shape index (κ3) is 2.90. The van der Waals surface area contributed by atoms with Crippen molar-refractivity contribution in [3.63, 3.8) is 0 Å². The summed E-state index contributed by atoms with van der Waals surface area (Å²) in [6, 6.07) is 1.68. The Morgan fingerprint density at radius 3 is 3.18 bits per heavy atom. The van der Waals surface area contributed by atoms with Gasteiger partial charge in [-0.2, -0.15) is 5.10 Å². The maximum absolute atomic E-state index is 11.2. The Hall–Kier alpha value is -1.70. The van der Waals surface area contributed by atoms with E-state index >= 15 is 0 Å². The van der Waals surface area contributed by atoms with Gasteiger partial charge < -0.3 is 5.32 Å². The number of aromatic nitrogens is 4. The zero-order chi connectivity index (χ0) is 12.3. The second kappa shape index (κ2) is 5.09. The van der Waals surface area contributed by atoms with Crippen LogP contribution in [0.5, 0.6) is 0 Å². The summed E-state index contributed by atoms with van der Waals surface area (Å²) in [4.78, 5) is 15.2. The van der Waals surface area contributed by atoms with Gasteiger partial charge in [0.15, 0.2) is 5.65 Å². The van der Waals surface area contributed by atoms with Crippen LogP contribution in [-0.2, 0) is 10.8 Å². The van der Waals surface area contributed by atoms with E-state index in [2.05, 4.69) is 20.5 Å². The van der Waals surface area contributed by atoms with Crippen LogP contribution in [0.15, 0.2) is 17.2 Å². The third-order valence-electron chi connectivity index (χ3n) is 2.22. The van der Waals surface area contributed by atoms with Crippen molar-refractivity contribution >= 4 is 22.3 Å². The zero-order valence-electron chi connectivity index (χ0n) is 9.34. The van der Waals surface area contributed by atoms with Crippen molar-refractivity contribution < 1.29 is 4.21 Å². The van der Waals surface area contributed by atoms with Gasteiger partial charge >= 0.3 is 5.69 Å². The summed E-state index contributed by atoms with van der Waals surface area (Å²) in [6.45, 7) is 0.692. The van der Waals surface area contributed by atoms with Crippen LogP contribution in [0.25, 0.3) is 5.65 Å². The zero-order valence-corrected chi connectivity index (χ0v) is 10.2. The van der Waals surface area contributed by atoms with Crippen molar-refractivity contribution in [2.45, 2.75) is 6.42 Å². The molecule has 92 valence electrons. The Morgan fingerprint density at radius 2 is 2.41 bits per heavy atom. The molecule has 0 amide bonds. The van der Waals surface area contributed by atoms with Gasteiger partial charge in [0.25, 0.3) is 0 Å². The number of anilines is 1. The molecular formula is C9H13N5O2S. The number of nitrogens with zero attached hydrogens (tertiary/aromatic N) is 3. The number of fused-ring (bicyclic) bond motifs is 1. The molecule has 0 saturated heterocycles. The molecule has 0 aliphatic rings. The molecule has 2 aromatic rings. The van der Waals surface area contributed by atoms with Gasteiger partial charge in [0, 0.05) is 35.4 Å². The summed E-state index contributed by atoms with van der Waals surface area (Å²) in [7, 11) is -0.766. The normalized spacial score (nSPS) is 12.8. The quantitative estimate of drug-likeness (QED) is 0.709. The first kappa shape index (κ1) is 11.8. The first-order valence-corrected chi connectivity index (χ1v) is 6.86. The second-order valence-electron chi connectivity index (χ2n) is 3.59. The fourth-order valence-corrected chi connectivity index (χ4v) is 1.95. The van der Waals surface area contributed by atoms with Gasteiger partial charge in [-0.3, -0.25) is 4.21 Å². The Morgan fingerprint density at radius 1 is 1.59 bits per heavy atom. The summed E-state index contributed by atoms with van der Waals surface area (Å²) in [5.74, 6) is 1.32. The van der Waals surface area contributed by atoms with Gasteiger partial charge in [-0.1, -0.05) is 0 Å². The lowest BCUT2D eigenvalue weighted by molar-refractivity contribution is 0.685. The molecule has 0 radical (unpaired) electrons. The molecule has 0 aliphatic carbocycles. The smallest absolute Gasteiger partial charge is 0.348 e. The molecule has 0 saturated carbocycles. The van der Waals surface area contributed by atoms with E-state index in [1.165, 1.54) is 10.7 Å². The number of hydrogen-bond donors (Lipinski definition) is 2. The van der Waals surface area contributed by atoms with E-state index in [-0.39, 0.29) is 5.69 Å². The van der Waals surface area contributed by atoms with E-state index in [1.54, 1.807) is 12.3 Å². The van der Waals surface area contributed by atoms with Gasteiger partial charge in [0.05, 0.1) is 0 Å². The molecule has 0 aromatic carbocycles. The van der Waals surface area contributed by atoms with Crippen molar-refractivity contribution in [1.29, 1.82) is 0 Å². The van der Waals surface area contributed by atoms with Crippen LogP contribution in [0.1, 0.15) is 6.42 Å². The summed E-state index contributed by atoms with van der Waals surface area (Å²) in [6.07, 6.45) is 3.91. The molecule has 0 bridgehead atoms. The predicted molar refractivity (Wildman–Crippen MR) is 65.6 cm³/mol. The minimum Gasteiger partial charge on any atom is -0.370 e. The Kier molecular flexibility index (Phi) is 3.52. The fraction of sp³-hybridized carbons (Fsp3) is 0.444. The maximum atomic E-state index is 11.2. The molecule has 17 heavy (non-hydrogen) atoms. The topological polar surface area (TPSA) is 92.1 Å². The van der Waals surface area contributed by atoms with Crippen molar-refractivity contribution in [2.24, 2.45) is 0 Å². The van der Waals surface area contributed by atoms with Crippen LogP contribution >= 0.6 is 0 Å². The second-order valence-corrected chi connectivity index (χ2v) is 5.14. The highest BCUT2D eigenvalue weighted by molar-refractivity contribution is 7.84. The van der Waals surface area contributed by atoms with Crippen molar-refractivity contribution in [1.82, 2.24) is 19.6 Å². The van der Waals surface area contributed by atoms with Gasteiger partial charge in [0.1, 0.15) is 12.1 Å². The van der Waals surface area contributed by atoms with Gasteiger partial charge in [-0.15, -0.1) is 0 Å².